The van der Waals surface area contributed by atoms with Crippen molar-refractivity contribution in [3.8, 4) is 0 Å². The molecule has 0 spiro atoms. The summed E-state index contributed by atoms with van der Waals surface area (Å²) >= 11 is 1.94. The lowest BCUT2D eigenvalue weighted by Gasteiger charge is -2.03. The molecule has 2 rings (SSSR count). The van der Waals surface area contributed by atoms with Gasteiger partial charge in [0.25, 0.3) is 5.91 Å². The lowest BCUT2D eigenvalue weighted by Crippen LogP contribution is -2.22. The number of halogens is 1. The summed E-state index contributed by atoms with van der Waals surface area (Å²) in [7, 11) is 1.25. The zero-order valence-electron chi connectivity index (χ0n) is 12.4. The fourth-order valence-corrected chi connectivity index (χ4v) is 3.24. The van der Waals surface area contributed by atoms with Crippen LogP contribution < -0.4 is 4.80 Å². The molecule has 1 aromatic carbocycles. The lowest BCUT2D eigenvalue weighted by molar-refractivity contribution is -0.141. The first-order valence-electron chi connectivity index (χ1n) is 6.47. The third-order valence-corrected chi connectivity index (χ3v) is 4.62. The molecule has 0 fully saturated rings. The largest absolute Gasteiger partial charge is 0.468 e. The summed E-state index contributed by atoms with van der Waals surface area (Å²) in [6.07, 6.45) is 0. The predicted octanol–water partition coefficient (Wildman–Crippen LogP) is 1.72. The van der Waals surface area contributed by atoms with Gasteiger partial charge in [0.05, 0.1) is 23.1 Å². The molecule has 0 aliphatic carbocycles. The molecule has 6 nitrogen and oxygen atoms in total. The van der Waals surface area contributed by atoms with Crippen LogP contribution in [0.5, 0.6) is 0 Å². The molecule has 0 saturated heterocycles. The average Bonchev–Trinajstić information content (AvgIpc) is 2.81. The van der Waals surface area contributed by atoms with Gasteiger partial charge < -0.3 is 9.30 Å². The molecule has 1 aromatic heterocycles. The fourth-order valence-electron chi connectivity index (χ4n) is 1.78. The van der Waals surface area contributed by atoms with E-state index in [0.717, 1.165) is 23.1 Å². The maximum atomic E-state index is 13.3. The second kappa shape index (κ2) is 7.51. The maximum Gasteiger partial charge on any atom is 0.325 e. The van der Waals surface area contributed by atoms with Gasteiger partial charge in [0.15, 0.2) is 9.92 Å². The number of nitrogens with zero attached hydrogens (tertiary/aromatic N) is 2. The van der Waals surface area contributed by atoms with E-state index in [1.165, 1.54) is 36.8 Å². The van der Waals surface area contributed by atoms with Crippen molar-refractivity contribution in [2.75, 3.05) is 12.9 Å². The second-order valence-electron chi connectivity index (χ2n) is 4.44. The van der Waals surface area contributed by atoms with Crippen LogP contribution in [0, 0.1) is 5.82 Å². The van der Waals surface area contributed by atoms with Gasteiger partial charge >= 0.3 is 5.97 Å². The van der Waals surface area contributed by atoms with Crippen molar-refractivity contribution < 1.29 is 23.5 Å². The number of esters is 1. The molecule has 0 aliphatic rings. The number of hydrogen-bond donors (Lipinski definition) is 0. The SMILES string of the molecule is COC(=O)Cn1c(=NC(=O)CSC(C)=O)sc2cc(F)ccc21. The Hall–Kier alpha value is -2.00. The molecule has 0 saturated carbocycles. The number of thioether (sulfide) groups is 1. The van der Waals surface area contributed by atoms with Crippen molar-refractivity contribution >= 4 is 50.3 Å². The number of aromatic nitrogens is 1. The van der Waals surface area contributed by atoms with E-state index >= 15 is 0 Å². The molecule has 0 aliphatic heterocycles. The van der Waals surface area contributed by atoms with Crippen LogP contribution >= 0.6 is 23.1 Å². The Kier molecular flexibility index (Phi) is 5.67. The summed E-state index contributed by atoms with van der Waals surface area (Å²) in [4.78, 5) is 38.5. The summed E-state index contributed by atoms with van der Waals surface area (Å²) in [6.45, 7) is 1.21. The van der Waals surface area contributed by atoms with Crippen LogP contribution in [0.1, 0.15) is 6.92 Å². The third kappa shape index (κ3) is 4.49. The topological polar surface area (TPSA) is 77.7 Å². The number of amides is 1. The van der Waals surface area contributed by atoms with E-state index in [0.29, 0.717) is 10.2 Å². The minimum absolute atomic E-state index is 0.0871. The van der Waals surface area contributed by atoms with E-state index in [-0.39, 0.29) is 22.2 Å². The van der Waals surface area contributed by atoms with Gasteiger partial charge in [0.1, 0.15) is 12.4 Å². The van der Waals surface area contributed by atoms with Crippen molar-refractivity contribution in [2.24, 2.45) is 4.99 Å². The quantitative estimate of drug-likeness (QED) is 0.780. The number of fused-ring (bicyclic) bond motifs is 1. The Morgan fingerprint density at radius 3 is 2.78 bits per heavy atom. The molecule has 0 radical (unpaired) electrons. The number of thiazole rings is 1. The minimum atomic E-state index is -0.513. The number of carbonyl (C=O) groups excluding carboxylic acids is 3. The van der Waals surface area contributed by atoms with Crippen LogP contribution in [0.2, 0.25) is 0 Å². The lowest BCUT2D eigenvalue weighted by atomic mass is 10.3. The second-order valence-corrected chi connectivity index (χ2v) is 6.61. The fraction of sp³-hybridized carbons (Fsp3) is 0.286. The summed E-state index contributed by atoms with van der Waals surface area (Å²) in [5.74, 6) is -1.53. The molecular weight excluding hydrogens is 343 g/mol. The molecule has 1 amide bonds. The molecule has 0 unspecified atom stereocenters. The van der Waals surface area contributed by atoms with E-state index < -0.39 is 17.7 Å². The van der Waals surface area contributed by atoms with Crippen LogP contribution in [-0.4, -0.2) is 34.4 Å². The number of rotatable bonds is 4. The Morgan fingerprint density at radius 1 is 1.39 bits per heavy atom. The van der Waals surface area contributed by atoms with E-state index in [4.69, 9.17) is 0 Å². The maximum absolute atomic E-state index is 13.3. The number of benzene rings is 1. The smallest absolute Gasteiger partial charge is 0.325 e. The van der Waals surface area contributed by atoms with Crippen LogP contribution in [0.3, 0.4) is 0 Å². The summed E-state index contributed by atoms with van der Waals surface area (Å²) < 4.78 is 20.0. The summed E-state index contributed by atoms with van der Waals surface area (Å²) in [6, 6.07) is 4.08. The highest BCUT2D eigenvalue weighted by atomic mass is 32.2. The Labute approximate surface area is 139 Å². The van der Waals surface area contributed by atoms with Crippen molar-refractivity contribution in [3.63, 3.8) is 0 Å². The average molecular weight is 356 g/mol. The summed E-state index contributed by atoms with van der Waals surface area (Å²) in [5.41, 5.74) is 0.576. The van der Waals surface area contributed by atoms with Gasteiger partial charge in [-0.3, -0.25) is 14.4 Å². The van der Waals surface area contributed by atoms with Crippen molar-refractivity contribution in [1.29, 1.82) is 0 Å². The first kappa shape index (κ1) is 17.4. The van der Waals surface area contributed by atoms with E-state index in [9.17, 15) is 18.8 Å². The first-order chi connectivity index (χ1) is 10.9. The highest BCUT2D eigenvalue weighted by molar-refractivity contribution is 8.14. The van der Waals surface area contributed by atoms with Gasteiger partial charge in [-0.2, -0.15) is 4.99 Å². The molecule has 2 aromatic rings. The number of ether oxygens (including phenoxy) is 1. The van der Waals surface area contributed by atoms with Gasteiger partial charge in [-0.1, -0.05) is 23.1 Å². The molecule has 23 heavy (non-hydrogen) atoms. The van der Waals surface area contributed by atoms with Crippen molar-refractivity contribution in [1.82, 2.24) is 4.57 Å². The van der Waals surface area contributed by atoms with Crippen LogP contribution in [0.15, 0.2) is 23.2 Å². The van der Waals surface area contributed by atoms with E-state index in [2.05, 4.69) is 9.73 Å². The molecular formula is C14H13FN2O4S2. The Bertz CT molecular complexity index is 841. The summed E-state index contributed by atoms with van der Waals surface area (Å²) in [5, 5.41) is -0.186. The van der Waals surface area contributed by atoms with E-state index in [1.54, 1.807) is 0 Å². The normalized spacial score (nSPS) is 11.7. The van der Waals surface area contributed by atoms with E-state index in [1.807, 2.05) is 0 Å². The van der Waals surface area contributed by atoms with Crippen LogP contribution in [0.25, 0.3) is 10.2 Å². The number of carbonyl (C=O) groups is 3. The van der Waals surface area contributed by atoms with Gasteiger partial charge in [0.2, 0.25) is 0 Å². The van der Waals surface area contributed by atoms with Gasteiger partial charge in [-0.05, 0) is 18.2 Å². The molecule has 0 bridgehead atoms. The third-order valence-electron chi connectivity index (χ3n) is 2.78. The monoisotopic (exact) mass is 356 g/mol. The molecule has 122 valence electrons. The van der Waals surface area contributed by atoms with Gasteiger partial charge in [-0.25, -0.2) is 4.39 Å². The predicted molar refractivity (Wildman–Crippen MR) is 85.5 cm³/mol. The zero-order valence-corrected chi connectivity index (χ0v) is 14.0. The molecule has 9 heteroatoms. The van der Waals surface area contributed by atoms with Crippen LogP contribution in [-0.2, 0) is 25.7 Å². The highest BCUT2D eigenvalue weighted by Crippen LogP contribution is 2.18. The Balaban J connectivity index is 2.48. The Morgan fingerprint density at radius 2 is 2.13 bits per heavy atom. The van der Waals surface area contributed by atoms with Gasteiger partial charge in [-0.15, -0.1) is 0 Å². The van der Waals surface area contributed by atoms with Crippen molar-refractivity contribution in [2.45, 2.75) is 13.5 Å². The highest BCUT2D eigenvalue weighted by Gasteiger charge is 2.12. The molecule has 0 atom stereocenters. The van der Waals surface area contributed by atoms with Crippen molar-refractivity contribution in [3.05, 3.63) is 28.8 Å². The zero-order chi connectivity index (χ0) is 17.0. The molecule has 0 N–H and O–H groups in total. The van der Waals surface area contributed by atoms with Gasteiger partial charge in [0, 0.05) is 6.92 Å². The number of methoxy groups -OCH3 is 1. The first-order valence-corrected chi connectivity index (χ1v) is 8.27. The molecule has 1 heterocycles. The standard InChI is InChI=1S/C14H13FN2O4S2/c1-8(18)22-7-12(19)16-14-17(6-13(20)21-2)10-4-3-9(15)5-11(10)23-14/h3-5H,6-7H2,1-2H3. The minimum Gasteiger partial charge on any atom is -0.468 e. The van der Waals surface area contributed by atoms with Crippen LogP contribution in [0.4, 0.5) is 4.39 Å². The number of hydrogen-bond acceptors (Lipinski definition) is 6.